The summed E-state index contributed by atoms with van der Waals surface area (Å²) in [7, 11) is 0. The molecule has 1 unspecified atom stereocenters. The van der Waals surface area contributed by atoms with Gasteiger partial charge in [0, 0.05) is 6.04 Å². The lowest BCUT2D eigenvalue weighted by Crippen LogP contribution is -2.37. The third-order valence-electron chi connectivity index (χ3n) is 1.92. The average molecular weight is 222 g/mol. The first-order chi connectivity index (χ1) is 7.61. The van der Waals surface area contributed by atoms with E-state index in [1.165, 1.54) is 12.1 Å². The highest BCUT2D eigenvalue weighted by Gasteiger charge is 2.09. The van der Waals surface area contributed by atoms with E-state index in [1.54, 1.807) is 12.1 Å². The lowest BCUT2D eigenvalue weighted by Gasteiger charge is -2.15. The molecule has 0 spiro atoms. The van der Waals surface area contributed by atoms with Crippen LogP contribution in [0.1, 0.15) is 13.8 Å². The largest absolute Gasteiger partial charge is 0.491 e. The molecule has 0 saturated carbocycles. The van der Waals surface area contributed by atoms with Gasteiger partial charge in [0.2, 0.25) is 0 Å². The van der Waals surface area contributed by atoms with Crippen LogP contribution in [0.15, 0.2) is 24.3 Å². The molecular formula is C12H15FN2O. The van der Waals surface area contributed by atoms with Crippen LogP contribution in [0.4, 0.5) is 4.39 Å². The quantitative estimate of drug-likeness (QED) is 0.829. The van der Waals surface area contributed by atoms with Gasteiger partial charge >= 0.3 is 0 Å². The van der Waals surface area contributed by atoms with Crippen molar-refractivity contribution in [1.29, 1.82) is 5.26 Å². The van der Waals surface area contributed by atoms with Crippen LogP contribution in [-0.2, 0) is 0 Å². The molecule has 3 nitrogen and oxygen atoms in total. The maximum absolute atomic E-state index is 12.6. The van der Waals surface area contributed by atoms with Crippen molar-refractivity contribution in [2.24, 2.45) is 0 Å². The molecule has 1 atom stereocenters. The van der Waals surface area contributed by atoms with E-state index in [0.29, 0.717) is 5.75 Å². The fraction of sp³-hybridized carbons (Fsp3) is 0.417. The Morgan fingerprint density at radius 1 is 1.38 bits per heavy atom. The minimum Gasteiger partial charge on any atom is -0.491 e. The molecule has 1 rings (SSSR count). The Bertz CT molecular complexity index is 356. The van der Waals surface area contributed by atoms with Crippen molar-refractivity contribution in [3.05, 3.63) is 30.1 Å². The van der Waals surface area contributed by atoms with E-state index in [1.807, 2.05) is 13.8 Å². The Balaban J connectivity index is 2.44. The van der Waals surface area contributed by atoms with Crippen molar-refractivity contribution < 1.29 is 9.13 Å². The average Bonchev–Trinajstić information content (AvgIpc) is 2.26. The molecule has 0 aromatic heterocycles. The number of hydrogen-bond donors (Lipinski definition) is 1. The molecule has 16 heavy (non-hydrogen) atoms. The van der Waals surface area contributed by atoms with E-state index in [2.05, 4.69) is 11.4 Å². The van der Waals surface area contributed by atoms with Crippen LogP contribution in [0.5, 0.6) is 5.75 Å². The highest BCUT2D eigenvalue weighted by Crippen LogP contribution is 2.11. The van der Waals surface area contributed by atoms with Crippen LogP contribution in [0.3, 0.4) is 0 Å². The van der Waals surface area contributed by atoms with Gasteiger partial charge in [-0.1, -0.05) is 0 Å². The lowest BCUT2D eigenvalue weighted by atomic mass is 10.3. The molecule has 0 bridgehead atoms. The highest BCUT2D eigenvalue weighted by atomic mass is 19.1. The number of nitrogens with one attached hydrogen (secondary N) is 1. The monoisotopic (exact) mass is 222 g/mol. The topological polar surface area (TPSA) is 45.0 Å². The number of halogens is 1. The van der Waals surface area contributed by atoms with E-state index in [4.69, 9.17) is 10.00 Å². The fourth-order valence-electron chi connectivity index (χ4n) is 1.24. The predicted molar refractivity (Wildman–Crippen MR) is 59.6 cm³/mol. The van der Waals surface area contributed by atoms with Gasteiger partial charge in [0.1, 0.15) is 24.2 Å². The summed E-state index contributed by atoms with van der Waals surface area (Å²) in [6, 6.07) is 7.71. The minimum absolute atomic E-state index is 0.224. The first kappa shape index (κ1) is 12.5. The van der Waals surface area contributed by atoms with Gasteiger partial charge in [0.15, 0.2) is 0 Å². The van der Waals surface area contributed by atoms with Gasteiger partial charge in [0.25, 0.3) is 0 Å². The van der Waals surface area contributed by atoms with Crippen molar-refractivity contribution in [3.63, 3.8) is 0 Å². The summed E-state index contributed by atoms with van der Waals surface area (Å²) in [6.07, 6.45) is 0. The molecule has 0 fully saturated rings. The van der Waals surface area contributed by atoms with Crippen molar-refractivity contribution in [2.45, 2.75) is 25.9 Å². The van der Waals surface area contributed by atoms with Gasteiger partial charge in [-0.15, -0.1) is 0 Å². The maximum Gasteiger partial charge on any atom is 0.130 e. The SMILES string of the molecule is CC(C)NC(C#N)COc1ccc(F)cc1. The van der Waals surface area contributed by atoms with Crippen molar-refractivity contribution in [1.82, 2.24) is 5.32 Å². The van der Waals surface area contributed by atoms with Crippen LogP contribution in [-0.4, -0.2) is 18.7 Å². The molecular weight excluding hydrogens is 207 g/mol. The molecule has 0 aliphatic carbocycles. The molecule has 0 amide bonds. The third kappa shape index (κ3) is 4.28. The summed E-state index contributed by atoms with van der Waals surface area (Å²) >= 11 is 0. The van der Waals surface area contributed by atoms with Crippen LogP contribution < -0.4 is 10.1 Å². The number of benzene rings is 1. The zero-order valence-electron chi connectivity index (χ0n) is 9.40. The van der Waals surface area contributed by atoms with E-state index in [9.17, 15) is 4.39 Å². The van der Waals surface area contributed by atoms with Crippen molar-refractivity contribution >= 4 is 0 Å². The van der Waals surface area contributed by atoms with Gasteiger partial charge in [-0.05, 0) is 38.1 Å². The summed E-state index contributed by atoms with van der Waals surface area (Å²) in [6.45, 7) is 4.17. The van der Waals surface area contributed by atoms with E-state index in [0.717, 1.165) is 0 Å². The normalized spacial score (nSPS) is 12.2. The molecule has 0 heterocycles. The molecule has 1 aromatic rings. The smallest absolute Gasteiger partial charge is 0.130 e. The molecule has 0 aliphatic heterocycles. The summed E-state index contributed by atoms with van der Waals surface area (Å²) in [5, 5.41) is 11.9. The van der Waals surface area contributed by atoms with Crippen molar-refractivity contribution in [3.8, 4) is 11.8 Å². The standard InChI is InChI=1S/C12H15FN2O/c1-9(2)15-11(7-14)8-16-12-5-3-10(13)4-6-12/h3-6,9,11,15H,8H2,1-2H3. The Morgan fingerprint density at radius 2 is 2.00 bits per heavy atom. The molecule has 0 radical (unpaired) electrons. The number of ether oxygens (including phenoxy) is 1. The molecule has 1 aromatic carbocycles. The second-order valence-corrected chi connectivity index (χ2v) is 3.77. The predicted octanol–water partition coefficient (Wildman–Crippen LogP) is 2.09. The second kappa shape index (κ2) is 6.09. The second-order valence-electron chi connectivity index (χ2n) is 3.77. The Morgan fingerprint density at radius 3 is 2.50 bits per heavy atom. The molecule has 86 valence electrons. The molecule has 1 N–H and O–H groups in total. The zero-order valence-corrected chi connectivity index (χ0v) is 9.40. The number of nitrogens with zero attached hydrogens (tertiary/aromatic N) is 1. The molecule has 0 aliphatic rings. The number of nitriles is 1. The van der Waals surface area contributed by atoms with E-state index in [-0.39, 0.29) is 24.5 Å². The summed E-state index contributed by atoms with van der Waals surface area (Å²) < 4.78 is 18.0. The van der Waals surface area contributed by atoms with Gasteiger partial charge in [-0.2, -0.15) is 5.26 Å². The zero-order chi connectivity index (χ0) is 12.0. The van der Waals surface area contributed by atoms with Gasteiger partial charge in [-0.25, -0.2) is 4.39 Å². The van der Waals surface area contributed by atoms with Crippen molar-refractivity contribution in [2.75, 3.05) is 6.61 Å². The van der Waals surface area contributed by atoms with Crippen LogP contribution in [0.2, 0.25) is 0 Å². The number of rotatable bonds is 5. The van der Waals surface area contributed by atoms with Gasteiger partial charge in [0.05, 0.1) is 6.07 Å². The molecule has 4 heteroatoms. The minimum atomic E-state index is -0.356. The van der Waals surface area contributed by atoms with Gasteiger partial charge < -0.3 is 4.74 Å². The first-order valence-corrected chi connectivity index (χ1v) is 5.16. The Labute approximate surface area is 94.8 Å². The highest BCUT2D eigenvalue weighted by molar-refractivity contribution is 5.22. The van der Waals surface area contributed by atoms with Crippen LogP contribution in [0, 0.1) is 17.1 Å². The number of hydrogen-bond acceptors (Lipinski definition) is 3. The van der Waals surface area contributed by atoms with Gasteiger partial charge in [-0.3, -0.25) is 5.32 Å². The molecule has 0 saturated heterocycles. The summed E-state index contributed by atoms with van der Waals surface area (Å²) in [5.41, 5.74) is 0. The summed E-state index contributed by atoms with van der Waals surface area (Å²) in [5.74, 6) is 0.261. The Hall–Kier alpha value is -1.60. The first-order valence-electron chi connectivity index (χ1n) is 5.16. The van der Waals surface area contributed by atoms with E-state index < -0.39 is 0 Å². The fourth-order valence-corrected chi connectivity index (χ4v) is 1.24. The lowest BCUT2D eigenvalue weighted by molar-refractivity contribution is 0.282. The van der Waals surface area contributed by atoms with E-state index >= 15 is 0 Å². The van der Waals surface area contributed by atoms with Crippen LogP contribution >= 0.6 is 0 Å². The maximum atomic E-state index is 12.6. The van der Waals surface area contributed by atoms with Crippen LogP contribution in [0.25, 0.3) is 0 Å². The summed E-state index contributed by atoms with van der Waals surface area (Å²) in [4.78, 5) is 0. The Kier molecular flexibility index (Phi) is 4.74. The third-order valence-corrected chi connectivity index (χ3v) is 1.92.